The Morgan fingerprint density at radius 2 is 1.75 bits per heavy atom. The molecule has 2 amide bonds. The lowest BCUT2D eigenvalue weighted by Gasteiger charge is -2.43. The van der Waals surface area contributed by atoms with Crippen LogP contribution in [0.15, 0.2) is 61.2 Å². The number of halogens is 2. The second-order valence-electron chi connectivity index (χ2n) is 14.7. The number of amides is 2. The Morgan fingerprint density at radius 1 is 0.979 bits per heavy atom. The maximum atomic E-state index is 15.3. The van der Waals surface area contributed by atoms with Gasteiger partial charge in [-0.2, -0.15) is 0 Å². The summed E-state index contributed by atoms with van der Waals surface area (Å²) in [7, 11) is 0. The summed E-state index contributed by atoms with van der Waals surface area (Å²) in [4.78, 5) is 52.9. The number of carbonyl (C=O) groups excluding carboxylic acids is 3. The van der Waals surface area contributed by atoms with Crippen LogP contribution in [0.25, 0.3) is 27.7 Å². The predicted octanol–water partition coefficient (Wildman–Crippen LogP) is 6.86. The number of carbonyl (C=O) groups is 3. The largest absolute Gasteiger partial charge is 0.444 e. The summed E-state index contributed by atoms with van der Waals surface area (Å²) < 4.78 is 37.5. The molecule has 2 aliphatic heterocycles. The van der Waals surface area contributed by atoms with Gasteiger partial charge in [-0.25, -0.2) is 13.6 Å². The van der Waals surface area contributed by atoms with Crippen LogP contribution in [0, 0.1) is 17.7 Å². The third-order valence-electron chi connectivity index (χ3n) is 9.76. The molecule has 0 unspecified atom stereocenters. The van der Waals surface area contributed by atoms with Crippen LogP contribution in [0.1, 0.15) is 69.9 Å². The number of benzene rings is 1. The molecule has 1 aliphatic carbocycles. The molecule has 0 radical (unpaired) electrons. The Kier molecular flexibility index (Phi) is 7.64. The zero-order valence-corrected chi connectivity index (χ0v) is 27.7. The highest BCUT2D eigenvalue weighted by Gasteiger charge is 2.54. The Bertz CT molecular complexity index is 1940. The number of ketones is 1. The van der Waals surface area contributed by atoms with Crippen molar-refractivity contribution in [3.05, 3.63) is 78.3 Å². The van der Waals surface area contributed by atoms with Crippen molar-refractivity contribution in [1.29, 1.82) is 0 Å². The van der Waals surface area contributed by atoms with Gasteiger partial charge in [0.25, 0.3) is 0 Å². The summed E-state index contributed by atoms with van der Waals surface area (Å²) in [5.74, 6) is -1.10. The topological polar surface area (TPSA) is 97.6 Å². The molecule has 5 heterocycles. The summed E-state index contributed by atoms with van der Waals surface area (Å²) in [5.41, 5.74) is 0.175. The Hall–Kier alpha value is -4.67. The van der Waals surface area contributed by atoms with Gasteiger partial charge in [0.2, 0.25) is 5.91 Å². The van der Waals surface area contributed by atoms with Gasteiger partial charge in [0.15, 0.2) is 5.78 Å². The molecule has 2 saturated heterocycles. The zero-order valence-electron chi connectivity index (χ0n) is 27.7. The number of rotatable bonds is 6. The molecular weight excluding hydrogens is 616 g/mol. The van der Waals surface area contributed by atoms with Crippen molar-refractivity contribution in [2.75, 3.05) is 13.1 Å². The first kappa shape index (κ1) is 31.9. The van der Waals surface area contributed by atoms with Crippen LogP contribution in [0.4, 0.5) is 13.6 Å². The Morgan fingerprint density at radius 3 is 2.48 bits per heavy atom. The number of aromatic nitrogens is 3. The Balaban J connectivity index is 1.17. The molecule has 3 atom stereocenters. The minimum absolute atomic E-state index is 0.00711. The first-order chi connectivity index (χ1) is 22.7. The van der Waals surface area contributed by atoms with Gasteiger partial charge in [-0.15, -0.1) is 0 Å². The van der Waals surface area contributed by atoms with Crippen molar-refractivity contribution in [2.45, 2.75) is 77.2 Å². The number of hydrogen-bond acceptors (Lipinski definition) is 6. The molecule has 3 fully saturated rings. The average Bonchev–Trinajstić information content (AvgIpc) is 3.73. The van der Waals surface area contributed by atoms with Crippen molar-refractivity contribution in [3.8, 4) is 16.8 Å². The molecule has 3 aliphatic rings. The lowest BCUT2D eigenvalue weighted by atomic mass is 9.88. The molecule has 7 rings (SSSR count). The number of likely N-dealkylation sites (tertiary alicyclic amines) is 2. The van der Waals surface area contributed by atoms with E-state index in [4.69, 9.17) is 4.74 Å². The monoisotopic (exact) mass is 655 g/mol. The van der Waals surface area contributed by atoms with E-state index in [-0.39, 0.29) is 42.4 Å². The molecule has 11 heteroatoms. The summed E-state index contributed by atoms with van der Waals surface area (Å²) >= 11 is 0. The second kappa shape index (κ2) is 11.5. The summed E-state index contributed by atoms with van der Waals surface area (Å²) in [6, 6.07) is 8.83. The molecule has 48 heavy (non-hydrogen) atoms. The van der Waals surface area contributed by atoms with Crippen LogP contribution in [-0.2, 0) is 15.2 Å². The van der Waals surface area contributed by atoms with E-state index in [0.29, 0.717) is 33.3 Å². The van der Waals surface area contributed by atoms with Crippen molar-refractivity contribution < 1.29 is 27.9 Å². The quantitative estimate of drug-likeness (QED) is 0.211. The molecule has 2 bridgehead atoms. The average molecular weight is 656 g/mol. The summed E-state index contributed by atoms with van der Waals surface area (Å²) in [5, 5.41) is 0.663. The molecule has 4 aromatic rings. The van der Waals surface area contributed by atoms with Crippen molar-refractivity contribution in [1.82, 2.24) is 24.3 Å². The van der Waals surface area contributed by atoms with Gasteiger partial charge >= 0.3 is 6.09 Å². The highest BCUT2D eigenvalue weighted by atomic mass is 19.1. The van der Waals surface area contributed by atoms with Crippen molar-refractivity contribution in [3.63, 3.8) is 0 Å². The maximum Gasteiger partial charge on any atom is 0.411 e. The molecule has 1 saturated carbocycles. The highest BCUT2D eigenvalue weighted by molar-refractivity contribution is 6.10. The molecule has 9 nitrogen and oxygen atoms in total. The van der Waals surface area contributed by atoms with Gasteiger partial charge in [-0.1, -0.05) is 6.07 Å². The van der Waals surface area contributed by atoms with Gasteiger partial charge in [0.1, 0.15) is 23.1 Å². The van der Waals surface area contributed by atoms with Gasteiger partial charge < -0.3 is 14.2 Å². The minimum atomic E-state index is -1.79. The molecule has 3 aromatic heterocycles. The van der Waals surface area contributed by atoms with E-state index in [1.807, 2.05) is 20.8 Å². The van der Waals surface area contributed by atoms with Gasteiger partial charge in [-0.05, 0) is 90.1 Å². The minimum Gasteiger partial charge on any atom is -0.444 e. The van der Waals surface area contributed by atoms with E-state index in [1.54, 1.807) is 57.2 Å². The van der Waals surface area contributed by atoms with Crippen molar-refractivity contribution in [2.24, 2.45) is 11.8 Å². The number of fused-ring (bicyclic) bond motifs is 3. The van der Waals surface area contributed by atoms with E-state index in [2.05, 4.69) is 9.97 Å². The smallest absolute Gasteiger partial charge is 0.411 e. The van der Waals surface area contributed by atoms with E-state index >= 15 is 4.39 Å². The van der Waals surface area contributed by atoms with Crippen LogP contribution in [-0.4, -0.2) is 72.9 Å². The first-order valence-corrected chi connectivity index (χ1v) is 16.5. The van der Waals surface area contributed by atoms with E-state index in [1.165, 1.54) is 32.2 Å². The van der Waals surface area contributed by atoms with Crippen LogP contribution >= 0.6 is 0 Å². The van der Waals surface area contributed by atoms with Crippen molar-refractivity contribution >= 4 is 28.7 Å². The predicted molar refractivity (Wildman–Crippen MR) is 176 cm³/mol. The SMILES string of the molecule is CC(C)(C)OC(=O)N1[C@@H]2CC[C@@H](C2)[C@H]1C(=O)N1CC(C(=O)c2cn(-c3ccc(F)cc3-c3cccnc3C(C)(C)F)c3cnccc23)C1. The van der Waals surface area contributed by atoms with E-state index in [0.717, 1.165) is 19.3 Å². The first-order valence-electron chi connectivity index (χ1n) is 16.5. The van der Waals surface area contributed by atoms with Gasteiger partial charge in [0.05, 0.1) is 29.0 Å². The lowest BCUT2D eigenvalue weighted by Crippen LogP contribution is -2.61. The molecule has 250 valence electrons. The number of pyridine rings is 2. The van der Waals surface area contributed by atoms with Crippen LogP contribution in [0.2, 0.25) is 0 Å². The highest BCUT2D eigenvalue weighted by Crippen LogP contribution is 2.45. The molecule has 0 spiro atoms. The summed E-state index contributed by atoms with van der Waals surface area (Å²) in [6.07, 6.45) is 8.54. The number of ether oxygens (including phenoxy) is 1. The summed E-state index contributed by atoms with van der Waals surface area (Å²) in [6.45, 7) is 8.74. The molecule has 1 aromatic carbocycles. The fourth-order valence-electron chi connectivity index (χ4n) is 7.61. The lowest BCUT2D eigenvalue weighted by molar-refractivity contribution is -0.143. The number of Topliss-reactive ketones (excluding diaryl/α,β-unsaturated/α-hetero) is 1. The number of hydrogen-bond donors (Lipinski definition) is 0. The molecular formula is C37H39F2N5O4. The standard InChI is InChI=1S/C37H39F2N5O4/c1-36(2,3)48-35(47)44-24-10-8-21(15-24)31(44)34(46)42-18-22(19-42)32(45)28-20-43(30-17-40-14-12-25(28)30)29-11-9-23(38)16-27(29)26-7-6-13-41-33(26)37(4,5)39/h6-7,9,11-14,16-17,20-22,24,31H,8,10,15,18-19H2,1-5H3/t21-,24+,31-/m0/s1. The van der Waals surface area contributed by atoms with E-state index in [9.17, 15) is 18.8 Å². The Labute approximate surface area is 277 Å². The van der Waals surface area contributed by atoms with E-state index < -0.39 is 35.1 Å². The third kappa shape index (κ3) is 5.52. The zero-order chi connectivity index (χ0) is 34.1. The number of piperidine rings is 1. The maximum absolute atomic E-state index is 15.3. The van der Waals surface area contributed by atoms with Crippen LogP contribution in [0.5, 0.6) is 0 Å². The fraction of sp³-hybridized carbons (Fsp3) is 0.432. The fourth-order valence-corrected chi connectivity index (χ4v) is 7.61. The van der Waals surface area contributed by atoms with Crippen LogP contribution < -0.4 is 0 Å². The second-order valence-corrected chi connectivity index (χ2v) is 14.7. The van der Waals surface area contributed by atoms with Gasteiger partial charge in [0, 0.05) is 59.8 Å². The third-order valence-corrected chi connectivity index (χ3v) is 9.76. The normalized spacial score (nSPS) is 21.1. The van der Waals surface area contributed by atoms with Crippen LogP contribution in [0.3, 0.4) is 0 Å². The number of alkyl halides is 1. The molecule has 0 N–H and O–H groups in total. The number of nitrogens with zero attached hydrogens (tertiary/aromatic N) is 5. The van der Waals surface area contributed by atoms with Gasteiger partial charge in [-0.3, -0.25) is 24.5 Å².